The van der Waals surface area contributed by atoms with E-state index >= 15 is 0 Å². The highest BCUT2D eigenvalue weighted by atomic mass is 16.3. The lowest BCUT2D eigenvalue weighted by Gasteiger charge is -1.93. The van der Waals surface area contributed by atoms with E-state index in [1.54, 1.807) is 12.1 Å². The molecule has 1 rings (SSSR count). The molecule has 0 aliphatic heterocycles. The van der Waals surface area contributed by atoms with Gasteiger partial charge in [-0.2, -0.15) is 0 Å². The third-order valence-corrected chi connectivity index (χ3v) is 1.19. The molecule has 1 radical (unpaired) electrons. The van der Waals surface area contributed by atoms with Gasteiger partial charge in [0.05, 0.1) is 0 Å². The van der Waals surface area contributed by atoms with Gasteiger partial charge in [0.2, 0.25) is 0 Å². The van der Waals surface area contributed by atoms with Gasteiger partial charge in [-0.15, -0.1) is 0 Å². The van der Waals surface area contributed by atoms with Gasteiger partial charge in [-0.3, -0.25) is 5.11 Å². The first-order valence-corrected chi connectivity index (χ1v) is 2.79. The average molecular weight is 122 g/mol. The Balaban J connectivity index is 3.01. The van der Waals surface area contributed by atoms with Gasteiger partial charge in [-0.05, 0) is 6.07 Å². The fourth-order valence-corrected chi connectivity index (χ4v) is 0.672. The molecule has 0 aliphatic carbocycles. The summed E-state index contributed by atoms with van der Waals surface area (Å²) in [6.07, 6.45) is 0. The molecule has 0 aromatic heterocycles. The highest BCUT2D eigenvalue weighted by Gasteiger charge is 1.95. The standard InChI is InChI=1S/C7H8NO/c8-5-6-3-1-2-4-7(6)9/h1-4H,5,8H2. The predicted octanol–water partition coefficient (Wildman–Crippen LogP) is 1.29. The number of hydrogen-bond donors (Lipinski definition) is 1. The number of nitrogens with two attached hydrogens (primary N) is 1. The monoisotopic (exact) mass is 122 g/mol. The van der Waals surface area contributed by atoms with Gasteiger partial charge in [0, 0.05) is 12.1 Å². The molecule has 1 aromatic rings. The Bertz CT molecular complexity index is 198. The zero-order valence-electron chi connectivity index (χ0n) is 5.00. The first-order valence-electron chi connectivity index (χ1n) is 2.79. The predicted molar refractivity (Wildman–Crippen MR) is 34.5 cm³/mol. The lowest BCUT2D eigenvalue weighted by Crippen LogP contribution is -1.94. The van der Waals surface area contributed by atoms with Crippen molar-refractivity contribution in [1.29, 1.82) is 0 Å². The highest BCUT2D eigenvalue weighted by molar-refractivity contribution is 5.30. The van der Waals surface area contributed by atoms with Crippen molar-refractivity contribution >= 4 is 0 Å². The summed E-state index contributed by atoms with van der Waals surface area (Å²) in [5, 5.41) is 10.8. The molecule has 1 aromatic carbocycles. The van der Waals surface area contributed by atoms with Gasteiger partial charge in [0.1, 0.15) is 0 Å². The molecule has 2 heteroatoms. The third kappa shape index (κ3) is 1.21. The SMILES string of the molecule is NCc1ccccc1[O]. The maximum atomic E-state index is 10.8. The summed E-state index contributed by atoms with van der Waals surface area (Å²) in [5.41, 5.74) is 5.93. The van der Waals surface area contributed by atoms with E-state index in [4.69, 9.17) is 5.73 Å². The fraction of sp³-hybridized carbons (Fsp3) is 0.143. The van der Waals surface area contributed by atoms with Crippen molar-refractivity contribution < 1.29 is 5.11 Å². The normalized spacial score (nSPS) is 9.44. The minimum atomic E-state index is 0.0278. The van der Waals surface area contributed by atoms with Crippen LogP contribution in [0.5, 0.6) is 5.75 Å². The van der Waals surface area contributed by atoms with Crippen LogP contribution < -0.4 is 5.73 Å². The minimum absolute atomic E-state index is 0.0278. The second kappa shape index (κ2) is 2.51. The zero-order chi connectivity index (χ0) is 6.69. The Labute approximate surface area is 53.9 Å². The van der Waals surface area contributed by atoms with Crippen LogP contribution in [0.15, 0.2) is 24.3 Å². The maximum absolute atomic E-state index is 10.8. The molecule has 0 bridgehead atoms. The van der Waals surface area contributed by atoms with E-state index in [0.29, 0.717) is 12.1 Å². The molecular weight excluding hydrogens is 114 g/mol. The summed E-state index contributed by atoms with van der Waals surface area (Å²) >= 11 is 0. The first-order chi connectivity index (χ1) is 4.34. The molecule has 2 N–H and O–H groups in total. The van der Waals surface area contributed by atoms with Gasteiger partial charge < -0.3 is 5.73 Å². The number of para-hydroxylation sites is 1. The van der Waals surface area contributed by atoms with Crippen molar-refractivity contribution in [2.24, 2.45) is 5.73 Å². The van der Waals surface area contributed by atoms with Crippen molar-refractivity contribution in [1.82, 2.24) is 0 Å². The maximum Gasteiger partial charge on any atom is 0.183 e. The smallest absolute Gasteiger partial charge is 0.183 e. The second-order valence-electron chi connectivity index (χ2n) is 1.81. The molecule has 0 unspecified atom stereocenters. The number of hydrogen-bond acceptors (Lipinski definition) is 1. The molecule has 9 heavy (non-hydrogen) atoms. The summed E-state index contributed by atoms with van der Waals surface area (Å²) in [6.45, 7) is 0.333. The fourth-order valence-electron chi connectivity index (χ4n) is 0.672. The van der Waals surface area contributed by atoms with Gasteiger partial charge >= 0.3 is 0 Å². The van der Waals surface area contributed by atoms with Crippen LogP contribution in [0.4, 0.5) is 0 Å². The van der Waals surface area contributed by atoms with Gasteiger partial charge in [0.15, 0.2) is 5.75 Å². The molecule has 47 valence electrons. The molecule has 0 saturated heterocycles. The Morgan fingerprint density at radius 2 is 2.00 bits per heavy atom. The van der Waals surface area contributed by atoms with Gasteiger partial charge in [-0.25, -0.2) is 0 Å². The first kappa shape index (κ1) is 6.11. The Morgan fingerprint density at radius 1 is 1.33 bits per heavy atom. The lowest BCUT2D eigenvalue weighted by atomic mass is 10.2. The molecular formula is C7H8NO. The lowest BCUT2D eigenvalue weighted by molar-refractivity contribution is 0.350. The second-order valence-corrected chi connectivity index (χ2v) is 1.81. The summed E-state index contributed by atoms with van der Waals surface area (Å²) in [6, 6.07) is 6.77. The zero-order valence-corrected chi connectivity index (χ0v) is 5.00. The van der Waals surface area contributed by atoms with Crippen molar-refractivity contribution in [3.05, 3.63) is 29.8 Å². The molecule has 0 aliphatic rings. The quantitative estimate of drug-likeness (QED) is 0.599. The van der Waals surface area contributed by atoms with Gasteiger partial charge in [0.25, 0.3) is 0 Å². The van der Waals surface area contributed by atoms with Crippen LogP contribution in [0.1, 0.15) is 5.56 Å². The van der Waals surface area contributed by atoms with Crippen LogP contribution >= 0.6 is 0 Å². The van der Waals surface area contributed by atoms with E-state index in [-0.39, 0.29) is 5.75 Å². The minimum Gasteiger partial charge on any atom is -0.326 e. The topological polar surface area (TPSA) is 45.9 Å². The Hall–Kier alpha value is -1.02. The summed E-state index contributed by atoms with van der Waals surface area (Å²) in [7, 11) is 0. The van der Waals surface area contributed by atoms with E-state index in [9.17, 15) is 5.11 Å². The molecule has 0 heterocycles. The third-order valence-electron chi connectivity index (χ3n) is 1.19. The van der Waals surface area contributed by atoms with Crippen LogP contribution in [-0.4, -0.2) is 0 Å². The molecule has 0 fully saturated rings. The molecule has 0 saturated carbocycles. The highest BCUT2D eigenvalue weighted by Crippen LogP contribution is 2.14. The average Bonchev–Trinajstić information content (AvgIpc) is 1.89. The van der Waals surface area contributed by atoms with Crippen LogP contribution in [-0.2, 0) is 11.7 Å². The Kier molecular flexibility index (Phi) is 1.70. The van der Waals surface area contributed by atoms with Crippen LogP contribution in [0.3, 0.4) is 0 Å². The molecule has 0 amide bonds. The van der Waals surface area contributed by atoms with Crippen molar-refractivity contribution in [3.8, 4) is 5.75 Å². The van der Waals surface area contributed by atoms with Crippen molar-refractivity contribution in [2.75, 3.05) is 0 Å². The van der Waals surface area contributed by atoms with E-state index in [1.807, 2.05) is 6.07 Å². The molecule has 0 spiro atoms. The molecule has 2 nitrogen and oxygen atoms in total. The van der Waals surface area contributed by atoms with E-state index in [1.165, 1.54) is 6.07 Å². The van der Waals surface area contributed by atoms with E-state index in [2.05, 4.69) is 0 Å². The van der Waals surface area contributed by atoms with E-state index in [0.717, 1.165) is 0 Å². The largest absolute Gasteiger partial charge is 0.326 e. The summed E-state index contributed by atoms with van der Waals surface area (Å²) in [4.78, 5) is 0. The van der Waals surface area contributed by atoms with Crippen LogP contribution in [0, 0.1) is 0 Å². The van der Waals surface area contributed by atoms with Gasteiger partial charge in [-0.1, -0.05) is 18.2 Å². The van der Waals surface area contributed by atoms with Crippen molar-refractivity contribution in [2.45, 2.75) is 6.54 Å². The molecule has 0 atom stereocenters. The van der Waals surface area contributed by atoms with Crippen molar-refractivity contribution in [3.63, 3.8) is 0 Å². The number of benzene rings is 1. The summed E-state index contributed by atoms with van der Waals surface area (Å²) < 4.78 is 0. The number of rotatable bonds is 1. The Morgan fingerprint density at radius 3 is 2.44 bits per heavy atom. The van der Waals surface area contributed by atoms with Crippen LogP contribution in [0.2, 0.25) is 0 Å². The van der Waals surface area contributed by atoms with Crippen LogP contribution in [0.25, 0.3) is 0 Å². The summed E-state index contributed by atoms with van der Waals surface area (Å²) in [5.74, 6) is 0.0278. The van der Waals surface area contributed by atoms with E-state index < -0.39 is 0 Å².